The third-order valence-electron chi connectivity index (χ3n) is 2.41. The van der Waals surface area contributed by atoms with Crippen molar-refractivity contribution in [3.05, 3.63) is 29.8 Å². The highest BCUT2D eigenvalue weighted by Gasteiger charge is 2.08. The lowest BCUT2D eigenvalue weighted by Crippen LogP contribution is -2.38. The van der Waals surface area contributed by atoms with Crippen molar-refractivity contribution in [3.63, 3.8) is 0 Å². The van der Waals surface area contributed by atoms with Gasteiger partial charge >= 0.3 is 0 Å². The average Bonchev–Trinajstić information content (AvgIpc) is 2.37. The van der Waals surface area contributed by atoms with Gasteiger partial charge in [0.15, 0.2) is 0 Å². The summed E-state index contributed by atoms with van der Waals surface area (Å²) >= 11 is 1.20. The number of primary amides is 1. The fourth-order valence-electron chi connectivity index (χ4n) is 1.46. The summed E-state index contributed by atoms with van der Waals surface area (Å²) in [6.07, 6.45) is 0. The van der Waals surface area contributed by atoms with Crippen molar-refractivity contribution in [1.29, 1.82) is 0 Å². The van der Waals surface area contributed by atoms with E-state index < -0.39 is 5.91 Å². The van der Waals surface area contributed by atoms with E-state index in [1.54, 1.807) is 0 Å². The van der Waals surface area contributed by atoms with Gasteiger partial charge in [-0.25, -0.2) is 0 Å². The number of ether oxygens (including phenoxy) is 1. The quantitative estimate of drug-likeness (QED) is 0.752. The van der Waals surface area contributed by atoms with E-state index in [-0.39, 0.29) is 23.5 Å². The molecule has 2 amide bonds. The van der Waals surface area contributed by atoms with Gasteiger partial charge in [-0.05, 0) is 26.0 Å². The Bertz CT molecular complexity index is 448. The van der Waals surface area contributed by atoms with Crippen molar-refractivity contribution in [2.24, 2.45) is 5.73 Å². The first-order chi connectivity index (χ1) is 9.47. The number of nitrogens with one attached hydrogen (secondary N) is 1. The van der Waals surface area contributed by atoms with Crippen molar-refractivity contribution < 1.29 is 14.3 Å². The molecule has 0 heterocycles. The van der Waals surface area contributed by atoms with Crippen LogP contribution in [-0.2, 0) is 9.59 Å². The zero-order valence-corrected chi connectivity index (χ0v) is 12.5. The normalized spacial score (nSPS) is 11.7. The highest BCUT2D eigenvalue weighted by atomic mass is 32.2. The van der Waals surface area contributed by atoms with E-state index in [4.69, 9.17) is 10.5 Å². The van der Waals surface area contributed by atoms with Crippen LogP contribution in [0.2, 0.25) is 0 Å². The van der Waals surface area contributed by atoms with Gasteiger partial charge in [-0.3, -0.25) is 9.59 Å². The molecule has 1 aromatic carbocycles. The maximum Gasteiger partial charge on any atom is 0.230 e. The SMILES string of the molecule is Cc1ccc(OC[C@H](C)NC(=O)CSCC(N)=O)cc1. The van der Waals surface area contributed by atoms with E-state index in [2.05, 4.69) is 5.32 Å². The summed E-state index contributed by atoms with van der Waals surface area (Å²) in [4.78, 5) is 22.1. The summed E-state index contributed by atoms with van der Waals surface area (Å²) in [6, 6.07) is 7.63. The van der Waals surface area contributed by atoms with Crippen LogP contribution in [0.1, 0.15) is 12.5 Å². The molecule has 0 bridgehead atoms. The van der Waals surface area contributed by atoms with E-state index in [0.29, 0.717) is 6.61 Å². The number of hydrogen-bond acceptors (Lipinski definition) is 4. The predicted octanol–water partition coefficient (Wildman–Crippen LogP) is 1.10. The van der Waals surface area contributed by atoms with Gasteiger partial charge in [-0.15, -0.1) is 11.8 Å². The minimum atomic E-state index is -0.418. The third kappa shape index (κ3) is 7.04. The molecule has 1 atom stereocenters. The molecule has 0 aliphatic rings. The molecule has 0 aliphatic carbocycles. The molecule has 0 unspecified atom stereocenters. The molecule has 20 heavy (non-hydrogen) atoms. The van der Waals surface area contributed by atoms with Crippen molar-refractivity contribution in [1.82, 2.24) is 5.32 Å². The Kier molecular flexibility index (Phi) is 6.93. The number of aryl methyl sites for hydroxylation is 1. The summed E-state index contributed by atoms with van der Waals surface area (Å²) in [5.74, 6) is 0.606. The molecule has 0 saturated heterocycles. The van der Waals surface area contributed by atoms with Gasteiger partial charge < -0.3 is 15.8 Å². The van der Waals surface area contributed by atoms with Gasteiger partial charge in [0.2, 0.25) is 11.8 Å². The summed E-state index contributed by atoms with van der Waals surface area (Å²) in [7, 11) is 0. The Labute approximate surface area is 123 Å². The Morgan fingerprint density at radius 1 is 1.30 bits per heavy atom. The second-order valence-corrected chi connectivity index (χ2v) is 5.54. The van der Waals surface area contributed by atoms with Crippen molar-refractivity contribution in [3.8, 4) is 5.75 Å². The van der Waals surface area contributed by atoms with Crippen LogP contribution < -0.4 is 15.8 Å². The first kappa shape index (κ1) is 16.4. The van der Waals surface area contributed by atoms with Crippen LogP contribution in [0.4, 0.5) is 0 Å². The molecule has 5 nitrogen and oxygen atoms in total. The average molecular weight is 296 g/mol. The van der Waals surface area contributed by atoms with Crippen LogP contribution in [-0.4, -0.2) is 36.0 Å². The Balaban J connectivity index is 2.22. The Morgan fingerprint density at radius 2 is 1.95 bits per heavy atom. The van der Waals surface area contributed by atoms with Gasteiger partial charge in [-0.1, -0.05) is 17.7 Å². The van der Waals surface area contributed by atoms with Crippen LogP contribution in [0.3, 0.4) is 0 Å². The molecule has 0 radical (unpaired) electrons. The number of benzene rings is 1. The van der Waals surface area contributed by atoms with Gasteiger partial charge in [-0.2, -0.15) is 0 Å². The topological polar surface area (TPSA) is 81.4 Å². The van der Waals surface area contributed by atoms with E-state index in [9.17, 15) is 9.59 Å². The number of rotatable bonds is 8. The first-order valence-electron chi connectivity index (χ1n) is 6.32. The van der Waals surface area contributed by atoms with Gasteiger partial charge in [0.05, 0.1) is 17.5 Å². The number of hydrogen-bond donors (Lipinski definition) is 2. The highest BCUT2D eigenvalue weighted by molar-refractivity contribution is 8.00. The zero-order chi connectivity index (χ0) is 15.0. The van der Waals surface area contributed by atoms with Crippen molar-refractivity contribution in [2.75, 3.05) is 18.1 Å². The zero-order valence-electron chi connectivity index (χ0n) is 11.7. The summed E-state index contributed by atoms with van der Waals surface area (Å²) < 4.78 is 5.57. The van der Waals surface area contributed by atoms with E-state index in [0.717, 1.165) is 5.75 Å². The Morgan fingerprint density at radius 3 is 2.55 bits per heavy atom. The first-order valence-corrected chi connectivity index (χ1v) is 7.47. The fourth-order valence-corrected chi connectivity index (χ4v) is 2.03. The van der Waals surface area contributed by atoms with Crippen LogP contribution in [0.5, 0.6) is 5.75 Å². The smallest absolute Gasteiger partial charge is 0.230 e. The maximum absolute atomic E-state index is 11.6. The molecular formula is C14H20N2O3S. The molecule has 0 aromatic heterocycles. The molecule has 1 aromatic rings. The number of amides is 2. The van der Waals surface area contributed by atoms with Crippen molar-refractivity contribution >= 4 is 23.6 Å². The van der Waals surface area contributed by atoms with Crippen LogP contribution in [0, 0.1) is 6.92 Å². The van der Waals surface area contributed by atoms with E-state index >= 15 is 0 Å². The number of nitrogens with two attached hydrogens (primary N) is 1. The molecule has 0 spiro atoms. The molecule has 110 valence electrons. The van der Waals surface area contributed by atoms with Crippen LogP contribution in [0.15, 0.2) is 24.3 Å². The lowest BCUT2D eigenvalue weighted by Gasteiger charge is -2.15. The molecule has 0 aliphatic heterocycles. The Hall–Kier alpha value is -1.69. The van der Waals surface area contributed by atoms with Gasteiger partial charge in [0.25, 0.3) is 0 Å². The standard InChI is InChI=1S/C14H20N2O3S/c1-10-3-5-12(6-4-10)19-7-11(2)16-14(18)9-20-8-13(15)17/h3-6,11H,7-9H2,1-2H3,(H2,15,17)(H,16,18)/t11-/m0/s1. The minimum Gasteiger partial charge on any atom is -0.491 e. The monoisotopic (exact) mass is 296 g/mol. The number of carbonyl (C=O) groups is 2. The highest BCUT2D eigenvalue weighted by Crippen LogP contribution is 2.11. The van der Waals surface area contributed by atoms with Gasteiger partial charge in [0.1, 0.15) is 12.4 Å². The molecule has 1 rings (SSSR count). The maximum atomic E-state index is 11.6. The lowest BCUT2D eigenvalue weighted by atomic mass is 10.2. The van der Waals surface area contributed by atoms with Crippen LogP contribution >= 0.6 is 11.8 Å². The second-order valence-electron chi connectivity index (χ2n) is 4.55. The minimum absolute atomic E-state index is 0.0991. The largest absolute Gasteiger partial charge is 0.491 e. The van der Waals surface area contributed by atoms with Crippen LogP contribution in [0.25, 0.3) is 0 Å². The predicted molar refractivity (Wildman–Crippen MR) is 80.8 cm³/mol. The molecule has 6 heteroatoms. The van der Waals surface area contributed by atoms with E-state index in [1.165, 1.54) is 17.3 Å². The van der Waals surface area contributed by atoms with Crippen molar-refractivity contribution in [2.45, 2.75) is 19.9 Å². The summed E-state index contributed by atoms with van der Waals surface area (Å²) in [5, 5.41) is 2.80. The lowest BCUT2D eigenvalue weighted by molar-refractivity contribution is -0.119. The number of thioether (sulfide) groups is 1. The van der Waals surface area contributed by atoms with Gasteiger partial charge in [0, 0.05) is 0 Å². The third-order valence-corrected chi connectivity index (χ3v) is 3.36. The molecular weight excluding hydrogens is 276 g/mol. The molecule has 3 N–H and O–H groups in total. The molecule has 0 fully saturated rings. The van der Waals surface area contributed by atoms with E-state index in [1.807, 2.05) is 38.1 Å². The number of carbonyl (C=O) groups excluding carboxylic acids is 2. The summed E-state index contributed by atoms with van der Waals surface area (Å²) in [6.45, 7) is 4.27. The fraction of sp³-hybridized carbons (Fsp3) is 0.429. The second kappa shape index (κ2) is 8.47. The summed E-state index contributed by atoms with van der Waals surface area (Å²) in [5.41, 5.74) is 6.16. The molecule has 0 saturated carbocycles.